The number of carbonyl (C=O) groups is 1. The highest BCUT2D eigenvalue weighted by Gasteiger charge is 2.34. The minimum absolute atomic E-state index is 0.154. The van der Waals surface area contributed by atoms with Gasteiger partial charge in [0.1, 0.15) is 24.0 Å². The number of ether oxygens (including phenoxy) is 4. The Kier molecular flexibility index (Phi) is 5.52. The standard InChI is InChI=1S/C28H24ClNO5/c1-16-26-20(12-30(14-33-26)17(2)18-6-4-3-5-7-18)10-23-25(31)24(35-27(16)23)11-19-8-22(29)9-21-13-32-15-34-28(19)21/h3-11,17H,12-15H2,1-2H3/b24-11-. The van der Waals surface area contributed by atoms with E-state index in [2.05, 4.69) is 24.0 Å². The largest absolute Gasteiger partial charge is 0.477 e. The molecule has 0 bridgehead atoms. The van der Waals surface area contributed by atoms with E-state index in [9.17, 15) is 4.79 Å². The van der Waals surface area contributed by atoms with Crippen molar-refractivity contribution in [2.24, 2.45) is 0 Å². The van der Waals surface area contributed by atoms with Crippen LogP contribution in [0.25, 0.3) is 6.08 Å². The van der Waals surface area contributed by atoms with Crippen LogP contribution in [0.5, 0.6) is 17.2 Å². The fraction of sp³-hybridized carbons (Fsp3) is 0.250. The lowest BCUT2D eigenvalue weighted by molar-refractivity contribution is -0.0165. The van der Waals surface area contributed by atoms with E-state index >= 15 is 0 Å². The van der Waals surface area contributed by atoms with Gasteiger partial charge in [0.05, 0.1) is 12.2 Å². The van der Waals surface area contributed by atoms with Crippen LogP contribution in [0, 0.1) is 6.92 Å². The van der Waals surface area contributed by atoms with Gasteiger partial charge in [-0.15, -0.1) is 0 Å². The molecular formula is C28H24ClNO5. The molecule has 1 atom stereocenters. The van der Waals surface area contributed by atoms with Gasteiger partial charge in [0, 0.05) is 39.9 Å². The SMILES string of the molecule is Cc1c2c(cc3c1O/C(=C\c1cc(Cl)cc4c1OCOC4)C3=O)CN(C(C)c1ccccc1)CO2. The minimum Gasteiger partial charge on any atom is -0.477 e. The maximum atomic E-state index is 13.4. The molecule has 6 rings (SSSR count). The van der Waals surface area contributed by atoms with Crippen LogP contribution in [0.2, 0.25) is 5.02 Å². The zero-order chi connectivity index (χ0) is 24.1. The fourth-order valence-electron chi connectivity index (χ4n) is 4.91. The normalized spacial score (nSPS) is 18.7. The predicted molar refractivity (Wildman–Crippen MR) is 132 cm³/mol. The van der Waals surface area contributed by atoms with Crippen LogP contribution in [-0.4, -0.2) is 24.2 Å². The summed E-state index contributed by atoms with van der Waals surface area (Å²) in [6, 6.07) is 16.0. The number of allylic oxidation sites excluding steroid dienone is 1. The average molecular weight is 490 g/mol. The van der Waals surface area contributed by atoms with Crippen molar-refractivity contribution in [2.45, 2.75) is 33.0 Å². The summed E-state index contributed by atoms with van der Waals surface area (Å²) in [6.45, 7) is 5.81. The second kappa shape index (κ2) is 8.72. The summed E-state index contributed by atoms with van der Waals surface area (Å²) in [5.74, 6) is 2.06. The van der Waals surface area contributed by atoms with Gasteiger partial charge >= 0.3 is 0 Å². The quantitative estimate of drug-likeness (QED) is 0.418. The van der Waals surface area contributed by atoms with Crippen LogP contribution < -0.4 is 14.2 Å². The van der Waals surface area contributed by atoms with Crippen LogP contribution in [0.3, 0.4) is 0 Å². The molecule has 0 saturated heterocycles. The van der Waals surface area contributed by atoms with E-state index in [1.54, 1.807) is 12.1 Å². The summed E-state index contributed by atoms with van der Waals surface area (Å²) >= 11 is 6.30. The molecular weight excluding hydrogens is 466 g/mol. The lowest BCUT2D eigenvalue weighted by Gasteiger charge is -2.34. The van der Waals surface area contributed by atoms with Crippen LogP contribution in [0.15, 0.2) is 54.3 Å². The van der Waals surface area contributed by atoms with Crippen LogP contribution in [0.1, 0.15) is 51.1 Å². The molecule has 3 aromatic carbocycles. The summed E-state index contributed by atoms with van der Waals surface area (Å²) in [4.78, 5) is 15.6. The van der Waals surface area contributed by atoms with E-state index in [4.69, 9.17) is 30.5 Å². The van der Waals surface area contributed by atoms with Crippen molar-refractivity contribution in [1.29, 1.82) is 0 Å². The van der Waals surface area contributed by atoms with E-state index < -0.39 is 0 Å². The second-order valence-corrected chi connectivity index (χ2v) is 9.44. The lowest BCUT2D eigenvalue weighted by Crippen LogP contribution is -2.34. The third-order valence-electron chi connectivity index (χ3n) is 6.78. The number of carbonyl (C=O) groups excluding carboxylic acids is 1. The number of Topliss-reactive ketones (excluding diaryl/α,β-unsaturated/α-hetero) is 1. The Morgan fingerprint density at radius 2 is 1.86 bits per heavy atom. The molecule has 0 aromatic heterocycles. The molecule has 3 heterocycles. The molecule has 178 valence electrons. The molecule has 6 nitrogen and oxygen atoms in total. The van der Waals surface area contributed by atoms with Crippen LogP contribution in [-0.2, 0) is 17.9 Å². The monoisotopic (exact) mass is 489 g/mol. The van der Waals surface area contributed by atoms with Gasteiger partial charge in [0.25, 0.3) is 0 Å². The molecule has 3 aliphatic heterocycles. The van der Waals surface area contributed by atoms with Gasteiger partial charge in [-0.25, -0.2) is 0 Å². The van der Waals surface area contributed by atoms with E-state index in [1.165, 1.54) is 5.56 Å². The Bertz CT molecular complexity index is 1370. The van der Waals surface area contributed by atoms with Crippen molar-refractivity contribution in [3.8, 4) is 17.2 Å². The summed E-state index contributed by atoms with van der Waals surface area (Å²) < 4.78 is 23.3. The molecule has 3 aliphatic rings. The van der Waals surface area contributed by atoms with Crippen molar-refractivity contribution in [2.75, 3.05) is 13.5 Å². The molecule has 0 fully saturated rings. The van der Waals surface area contributed by atoms with Crippen molar-refractivity contribution < 1.29 is 23.7 Å². The Labute approximate surface area is 208 Å². The number of rotatable bonds is 3. The highest BCUT2D eigenvalue weighted by atomic mass is 35.5. The van der Waals surface area contributed by atoms with Crippen LogP contribution in [0.4, 0.5) is 0 Å². The highest BCUT2D eigenvalue weighted by Crippen LogP contribution is 2.44. The van der Waals surface area contributed by atoms with Crippen molar-refractivity contribution in [3.63, 3.8) is 0 Å². The van der Waals surface area contributed by atoms with Crippen molar-refractivity contribution in [1.82, 2.24) is 4.90 Å². The Morgan fingerprint density at radius 3 is 2.69 bits per heavy atom. The Hall–Kier alpha value is -3.32. The zero-order valence-corrected chi connectivity index (χ0v) is 20.2. The van der Waals surface area contributed by atoms with Gasteiger partial charge in [-0.1, -0.05) is 41.9 Å². The van der Waals surface area contributed by atoms with Crippen LogP contribution >= 0.6 is 11.6 Å². The fourth-order valence-corrected chi connectivity index (χ4v) is 5.16. The van der Waals surface area contributed by atoms with Crippen molar-refractivity contribution in [3.05, 3.63) is 92.7 Å². The number of halogens is 1. The summed E-state index contributed by atoms with van der Waals surface area (Å²) in [5, 5.41) is 0.542. The molecule has 0 radical (unpaired) electrons. The van der Waals surface area contributed by atoms with Crippen molar-refractivity contribution >= 4 is 23.5 Å². The third-order valence-corrected chi connectivity index (χ3v) is 7.00. The molecule has 0 spiro atoms. The molecule has 7 heteroatoms. The van der Waals surface area contributed by atoms with E-state index in [0.29, 0.717) is 47.5 Å². The van der Waals surface area contributed by atoms with Gasteiger partial charge in [0.2, 0.25) is 5.78 Å². The number of nitrogens with zero attached hydrogens (tertiary/aromatic N) is 1. The number of fused-ring (bicyclic) bond motifs is 3. The van der Waals surface area contributed by atoms with Gasteiger partial charge in [-0.3, -0.25) is 9.69 Å². The number of hydrogen-bond donors (Lipinski definition) is 0. The van der Waals surface area contributed by atoms with E-state index in [0.717, 1.165) is 22.4 Å². The number of hydrogen-bond acceptors (Lipinski definition) is 6. The molecule has 0 saturated carbocycles. The summed E-state index contributed by atoms with van der Waals surface area (Å²) in [6.07, 6.45) is 1.70. The lowest BCUT2D eigenvalue weighted by atomic mass is 9.98. The molecule has 35 heavy (non-hydrogen) atoms. The first-order valence-corrected chi connectivity index (χ1v) is 11.9. The first-order chi connectivity index (χ1) is 17.0. The minimum atomic E-state index is -0.167. The highest BCUT2D eigenvalue weighted by molar-refractivity contribution is 6.31. The molecule has 0 N–H and O–H groups in total. The smallest absolute Gasteiger partial charge is 0.231 e. The topological polar surface area (TPSA) is 57.2 Å². The molecule has 3 aromatic rings. The molecule has 1 unspecified atom stereocenters. The van der Waals surface area contributed by atoms with E-state index in [1.807, 2.05) is 37.3 Å². The van der Waals surface area contributed by atoms with Gasteiger partial charge < -0.3 is 18.9 Å². The number of ketones is 1. The van der Waals surface area contributed by atoms with Gasteiger partial charge in [-0.05, 0) is 43.7 Å². The maximum absolute atomic E-state index is 13.4. The Morgan fingerprint density at radius 1 is 1.03 bits per heavy atom. The summed E-state index contributed by atoms with van der Waals surface area (Å²) in [5.41, 5.74) is 5.11. The zero-order valence-electron chi connectivity index (χ0n) is 19.5. The second-order valence-electron chi connectivity index (χ2n) is 9.01. The first-order valence-electron chi connectivity index (χ1n) is 11.5. The molecule has 0 aliphatic carbocycles. The number of benzene rings is 3. The average Bonchev–Trinajstić information content (AvgIpc) is 3.19. The third kappa shape index (κ3) is 3.88. The molecule has 0 amide bonds. The van der Waals surface area contributed by atoms with Gasteiger partial charge in [-0.2, -0.15) is 0 Å². The maximum Gasteiger partial charge on any atom is 0.231 e. The van der Waals surface area contributed by atoms with E-state index in [-0.39, 0.29) is 24.4 Å². The first kappa shape index (κ1) is 22.2. The van der Waals surface area contributed by atoms with Gasteiger partial charge in [0.15, 0.2) is 12.6 Å². The summed E-state index contributed by atoms with van der Waals surface area (Å²) in [7, 11) is 0. The Balaban J connectivity index is 1.32. The predicted octanol–water partition coefficient (Wildman–Crippen LogP) is 6.04.